The molecule has 94 valence electrons. The van der Waals surface area contributed by atoms with E-state index in [1.165, 1.54) is 12.1 Å². The smallest absolute Gasteiger partial charge is 0.123 e. The highest BCUT2D eigenvalue weighted by Crippen LogP contribution is 2.17. The Morgan fingerprint density at radius 1 is 1.24 bits per heavy atom. The Morgan fingerprint density at radius 2 is 2.00 bits per heavy atom. The molecule has 1 aliphatic heterocycles. The number of ether oxygens (including phenoxy) is 1. The highest BCUT2D eigenvalue weighted by Gasteiger charge is 2.15. The van der Waals surface area contributed by atoms with Crippen molar-refractivity contribution in [2.24, 2.45) is 0 Å². The molecule has 3 heteroatoms. The number of hydrogen-bond acceptors (Lipinski definition) is 2. The second-order valence-electron chi connectivity index (χ2n) is 4.68. The van der Waals surface area contributed by atoms with Gasteiger partial charge in [0.15, 0.2) is 0 Å². The van der Waals surface area contributed by atoms with Crippen molar-refractivity contribution in [1.29, 1.82) is 0 Å². The van der Waals surface area contributed by atoms with E-state index in [9.17, 15) is 4.39 Å². The van der Waals surface area contributed by atoms with Crippen LogP contribution in [0.4, 0.5) is 4.39 Å². The predicted octanol–water partition coefficient (Wildman–Crippen LogP) is 3.05. The molecule has 2 atom stereocenters. The van der Waals surface area contributed by atoms with Crippen LogP contribution in [-0.2, 0) is 4.74 Å². The van der Waals surface area contributed by atoms with Crippen LogP contribution in [0.5, 0.6) is 0 Å². The second kappa shape index (κ2) is 6.12. The summed E-state index contributed by atoms with van der Waals surface area (Å²) in [6, 6.07) is 7.50. The molecule has 1 N–H and O–H groups in total. The van der Waals surface area contributed by atoms with Crippen molar-refractivity contribution in [2.45, 2.75) is 38.3 Å². The van der Waals surface area contributed by atoms with E-state index in [4.69, 9.17) is 4.74 Å². The summed E-state index contributed by atoms with van der Waals surface area (Å²) in [6.07, 6.45) is 3.34. The molecular weight excluding hydrogens is 217 g/mol. The summed E-state index contributed by atoms with van der Waals surface area (Å²) < 4.78 is 18.3. The van der Waals surface area contributed by atoms with Gasteiger partial charge in [0.2, 0.25) is 0 Å². The van der Waals surface area contributed by atoms with Gasteiger partial charge in [0.25, 0.3) is 0 Å². The quantitative estimate of drug-likeness (QED) is 0.872. The Hall–Kier alpha value is -0.930. The second-order valence-corrected chi connectivity index (χ2v) is 4.68. The van der Waals surface area contributed by atoms with Crippen molar-refractivity contribution in [3.8, 4) is 0 Å². The van der Waals surface area contributed by atoms with Gasteiger partial charge in [0, 0.05) is 25.3 Å². The van der Waals surface area contributed by atoms with Crippen LogP contribution in [0.2, 0.25) is 0 Å². The van der Waals surface area contributed by atoms with Gasteiger partial charge in [-0.1, -0.05) is 12.1 Å². The van der Waals surface area contributed by atoms with E-state index in [0.29, 0.717) is 6.04 Å². The molecule has 0 radical (unpaired) electrons. The number of benzene rings is 1. The Kier molecular flexibility index (Phi) is 4.51. The van der Waals surface area contributed by atoms with Crippen LogP contribution in [0.15, 0.2) is 24.3 Å². The van der Waals surface area contributed by atoms with Crippen molar-refractivity contribution in [1.82, 2.24) is 5.32 Å². The first-order valence-electron chi connectivity index (χ1n) is 6.35. The zero-order chi connectivity index (χ0) is 12.1. The highest BCUT2D eigenvalue weighted by atomic mass is 19.1. The SMILES string of the molecule is CC(NC1CCCOCC1)c1ccc(F)cc1. The molecule has 1 heterocycles. The van der Waals surface area contributed by atoms with Gasteiger partial charge in [-0.25, -0.2) is 4.39 Å². The average Bonchev–Trinajstić information content (AvgIpc) is 2.58. The number of halogens is 1. The largest absolute Gasteiger partial charge is 0.381 e. The molecular formula is C14H20FNO. The van der Waals surface area contributed by atoms with Gasteiger partial charge in [-0.15, -0.1) is 0 Å². The van der Waals surface area contributed by atoms with Crippen molar-refractivity contribution < 1.29 is 9.13 Å². The fourth-order valence-corrected chi connectivity index (χ4v) is 2.27. The lowest BCUT2D eigenvalue weighted by atomic mass is 10.0. The molecule has 2 rings (SSSR count). The third-order valence-electron chi connectivity index (χ3n) is 3.31. The summed E-state index contributed by atoms with van der Waals surface area (Å²) in [5, 5.41) is 3.59. The molecule has 1 saturated heterocycles. The average molecular weight is 237 g/mol. The third-order valence-corrected chi connectivity index (χ3v) is 3.31. The normalized spacial score (nSPS) is 23.1. The van der Waals surface area contributed by atoms with Gasteiger partial charge < -0.3 is 10.1 Å². The van der Waals surface area contributed by atoms with Crippen LogP contribution in [0.1, 0.15) is 37.8 Å². The van der Waals surface area contributed by atoms with Crippen LogP contribution < -0.4 is 5.32 Å². The Morgan fingerprint density at radius 3 is 2.76 bits per heavy atom. The van der Waals surface area contributed by atoms with Gasteiger partial charge in [-0.3, -0.25) is 0 Å². The summed E-state index contributed by atoms with van der Waals surface area (Å²) in [5.41, 5.74) is 1.14. The fourth-order valence-electron chi connectivity index (χ4n) is 2.27. The van der Waals surface area contributed by atoms with Crippen molar-refractivity contribution in [3.63, 3.8) is 0 Å². The topological polar surface area (TPSA) is 21.3 Å². The van der Waals surface area contributed by atoms with Gasteiger partial charge in [-0.05, 0) is 43.9 Å². The summed E-state index contributed by atoms with van der Waals surface area (Å²) in [6.45, 7) is 3.84. The number of nitrogens with one attached hydrogen (secondary N) is 1. The Labute approximate surface area is 102 Å². The minimum Gasteiger partial charge on any atom is -0.381 e. The molecule has 17 heavy (non-hydrogen) atoms. The summed E-state index contributed by atoms with van der Waals surface area (Å²) in [7, 11) is 0. The first kappa shape index (κ1) is 12.5. The number of rotatable bonds is 3. The predicted molar refractivity (Wildman–Crippen MR) is 66.4 cm³/mol. The molecule has 1 aliphatic rings. The van der Waals surface area contributed by atoms with Crippen molar-refractivity contribution in [2.75, 3.05) is 13.2 Å². The molecule has 0 saturated carbocycles. The van der Waals surface area contributed by atoms with Crippen molar-refractivity contribution >= 4 is 0 Å². The van der Waals surface area contributed by atoms with E-state index in [1.54, 1.807) is 0 Å². The minimum absolute atomic E-state index is 0.177. The van der Waals surface area contributed by atoms with Crippen LogP contribution >= 0.6 is 0 Å². The summed E-state index contributed by atoms with van der Waals surface area (Å²) in [4.78, 5) is 0. The first-order chi connectivity index (χ1) is 8.25. The fraction of sp³-hybridized carbons (Fsp3) is 0.571. The standard InChI is InChI=1S/C14H20FNO/c1-11(12-4-6-13(15)7-5-12)16-14-3-2-9-17-10-8-14/h4-7,11,14,16H,2-3,8-10H2,1H3. The van der Waals surface area contributed by atoms with E-state index >= 15 is 0 Å². The first-order valence-corrected chi connectivity index (χ1v) is 6.35. The molecule has 0 aliphatic carbocycles. The maximum atomic E-state index is 12.8. The van der Waals surface area contributed by atoms with Crippen LogP contribution in [0, 0.1) is 5.82 Å². The lowest BCUT2D eigenvalue weighted by Crippen LogP contribution is -2.31. The Balaban J connectivity index is 1.91. The molecule has 2 unspecified atom stereocenters. The highest BCUT2D eigenvalue weighted by molar-refractivity contribution is 5.19. The molecule has 1 aromatic rings. The number of hydrogen-bond donors (Lipinski definition) is 1. The molecule has 0 bridgehead atoms. The van der Waals surface area contributed by atoms with Crippen LogP contribution in [0.3, 0.4) is 0 Å². The zero-order valence-corrected chi connectivity index (χ0v) is 10.3. The third kappa shape index (κ3) is 3.79. The monoisotopic (exact) mass is 237 g/mol. The molecule has 1 aromatic carbocycles. The molecule has 0 amide bonds. The van der Waals surface area contributed by atoms with E-state index in [1.807, 2.05) is 12.1 Å². The zero-order valence-electron chi connectivity index (χ0n) is 10.3. The maximum absolute atomic E-state index is 12.8. The van der Waals surface area contributed by atoms with Crippen LogP contribution in [0.25, 0.3) is 0 Å². The van der Waals surface area contributed by atoms with Crippen LogP contribution in [-0.4, -0.2) is 19.3 Å². The van der Waals surface area contributed by atoms with E-state index in [0.717, 1.165) is 38.0 Å². The van der Waals surface area contributed by atoms with Gasteiger partial charge in [-0.2, -0.15) is 0 Å². The van der Waals surface area contributed by atoms with Crippen molar-refractivity contribution in [3.05, 3.63) is 35.6 Å². The molecule has 0 aromatic heterocycles. The van der Waals surface area contributed by atoms with Gasteiger partial charge >= 0.3 is 0 Å². The summed E-state index contributed by atoms with van der Waals surface area (Å²) >= 11 is 0. The molecule has 0 spiro atoms. The van der Waals surface area contributed by atoms with Gasteiger partial charge in [0.1, 0.15) is 5.82 Å². The van der Waals surface area contributed by atoms with E-state index in [-0.39, 0.29) is 11.9 Å². The van der Waals surface area contributed by atoms with E-state index in [2.05, 4.69) is 12.2 Å². The van der Waals surface area contributed by atoms with E-state index < -0.39 is 0 Å². The maximum Gasteiger partial charge on any atom is 0.123 e. The molecule has 2 nitrogen and oxygen atoms in total. The Bertz CT molecular complexity index is 331. The van der Waals surface area contributed by atoms with Gasteiger partial charge in [0.05, 0.1) is 0 Å². The lowest BCUT2D eigenvalue weighted by Gasteiger charge is -2.22. The lowest BCUT2D eigenvalue weighted by molar-refractivity contribution is 0.142. The minimum atomic E-state index is -0.177. The summed E-state index contributed by atoms with van der Waals surface area (Å²) in [5.74, 6) is -0.177. The molecule has 1 fully saturated rings.